The minimum Gasteiger partial charge on any atom is -0.497 e. The molecule has 1 fully saturated rings. The van der Waals surface area contributed by atoms with Crippen molar-refractivity contribution in [2.45, 2.75) is 18.3 Å². The van der Waals surface area contributed by atoms with E-state index < -0.39 is 11.8 Å². The van der Waals surface area contributed by atoms with Gasteiger partial charge in [0.05, 0.1) is 13.7 Å². The first-order chi connectivity index (χ1) is 11.6. The number of aliphatic hydroxyl groups excluding tert-OH is 1. The van der Waals surface area contributed by atoms with E-state index in [0.29, 0.717) is 19.8 Å². The smallest absolute Gasteiger partial charge is 0.309 e. The van der Waals surface area contributed by atoms with Crippen LogP contribution in [-0.2, 0) is 19.7 Å². The molecule has 7 heteroatoms. The highest BCUT2D eigenvalue weighted by molar-refractivity contribution is 6.35. The van der Waals surface area contributed by atoms with Gasteiger partial charge in [0.15, 0.2) is 0 Å². The van der Waals surface area contributed by atoms with Crippen LogP contribution >= 0.6 is 0 Å². The van der Waals surface area contributed by atoms with E-state index in [1.165, 1.54) is 0 Å². The fourth-order valence-electron chi connectivity index (χ4n) is 2.85. The predicted molar refractivity (Wildman–Crippen MR) is 87.8 cm³/mol. The number of carbonyl (C=O) groups excluding carboxylic acids is 2. The summed E-state index contributed by atoms with van der Waals surface area (Å²) in [4.78, 5) is 23.5. The summed E-state index contributed by atoms with van der Waals surface area (Å²) >= 11 is 0. The van der Waals surface area contributed by atoms with Gasteiger partial charge < -0.3 is 25.2 Å². The van der Waals surface area contributed by atoms with E-state index in [1.807, 2.05) is 24.3 Å². The summed E-state index contributed by atoms with van der Waals surface area (Å²) in [5.41, 5.74) is 0.819. The first-order valence-corrected chi connectivity index (χ1v) is 8.00. The number of ether oxygens (including phenoxy) is 2. The van der Waals surface area contributed by atoms with Gasteiger partial charge in [0.2, 0.25) is 0 Å². The van der Waals surface area contributed by atoms with Crippen molar-refractivity contribution in [3.63, 3.8) is 0 Å². The Morgan fingerprint density at radius 2 is 1.79 bits per heavy atom. The van der Waals surface area contributed by atoms with Gasteiger partial charge >= 0.3 is 11.8 Å². The van der Waals surface area contributed by atoms with Gasteiger partial charge in [0, 0.05) is 31.7 Å². The molecule has 3 N–H and O–H groups in total. The van der Waals surface area contributed by atoms with Crippen LogP contribution in [0.5, 0.6) is 5.75 Å². The van der Waals surface area contributed by atoms with Crippen LogP contribution in [0.3, 0.4) is 0 Å². The minimum atomic E-state index is -0.735. The van der Waals surface area contributed by atoms with Crippen LogP contribution in [0, 0.1) is 0 Å². The number of amides is 2. The Morgan fingerprint density at radius 3 is 2.38 bits per heavy atom. The van der Waals surface area contributed by atoms with Crippen LogP contribution in [0.25, 0.3) is 0 Å². The Morgan fingerprint density at radius 1 is 1.17 bits per heavy atom. The van der Waals surface area contributed by atoms with Gasteiger partial charge in [0.1, 0.15) is 5.75 Å². The van der Waals surface area contributed by atoms with E-state index in [2.05, 4.69) is 10.6 Å². The molecule has 1 saturated heterocycles. The number of aliphatic hydroxyl groups is 1. The second kappa shape index (κ2) is 8.65. The zero-order chi connectivity index (χ0) is 17.4. The molecule has 0 aliphatic carbocycles. The quantitative estimate of drug-likeness (QED) is 0.634. The molecule has 1 aromatic rings. The summed E-state index contributed by atoms with van der Waals surface area (Å²) in [5, 5.41) is 13.7. The van der Waals surface area contributed by atoms with E-state index in [9.17, 15) is 9.59 Å². The Kier molecular flexibility index (Phi) is 6.57. The van der Waals surface area contributed by atoms with Crippen molar-refractivity contribution in [2.24, 2.45) is 0 Å². The molecule has 0 spiro atoms. The largest absolute Gasteiger partial charge is 0.497 e. The van der Waals surface area contributed by atoms with Crippen LogP contribution in [0.2, 0.25) is 0 Å². The Balaban J connectivity index is 2.07. The van der Waals surface area contributed by atoms with E-state index in [4.69, 9.17) is 14.6 Å². The number of nitrogens with one attached hydrogen (secondary N) is 2. The lowest BCUT2D eigenvalue weighted by Gasteiger charge is -2.38. The molecule has 0 saturated carbocycles. The van der Waals surface area contributed by atoms with E-state index >= 15 is 0 Å². The van der Waals surface area contributed by atoms with Crippen LogP contribution in [0.4, 0.5) is 0 Å². The van der Waals surface area contributed by atoms with Crippen molar-refractivity contribution >= 4 is 11.8 Å². The third-order valence-electron chi connectivity index (χ3n) is 4.34. The Hall–Kier alpha value is -2.12. The maximum atomic E-state index is 11.9. The molecule has 24 heavy (non-hydrogen) atoms. The lowest BCUT2D eigenvalue weighted by Crippen LogP contribution is -2.48. The molecule has 0 bridgehead atoms. The highest BCUT2D eigenvalue weighted by atomic mass is 16.5. The summed E-state index contributed by atoms with van der Waals surface area (Å²) in [6, 6.07) is 7.76. The van der Waals surface area contributed by atoms with Gasteiger partial charge in [-0.15, -0.1) is 0 Å². The fourth-order valence-corrected chi connectivity index (χ4v) is 2.85. The van der Waals surface area contributed by atoms with Crippen molar-refractivity contribution in [2.75, 3.05) is 40.0 Å². The zero-order valence-corrected chi connectivity index (χ0v) is 13.8. The van der Waals surface area contributed by atoms with Gasteiger partial charge in [-0.25, -0.2) is 0 Å². The fraction of sp³-hybridized carbons (Fsp3) is 0.529. The van der Waals surface area contributed by atoms with Crippen LogP contribution in [-0.4, -0.2) is 56.9 Å². The number of methoxy groups -OCH3 is 1. The average Bonchev–Trinajstić information content (AvgIpc) is 2.65. The molecule has 7 nitrogen and oxygen atoms in total. The highest BCUT2D eigenvalue weighted by Crippen LogP contribution is 2.35. The first-order valence-electron chi connectivity index (χ1n) is 8.00. The second-order valence-electron chi connectivity index (χ2n) is 5.78. The minimum absolute atomic E-state index is 0.0592. The van der Waals surface area contributed by atoms with E-state index in [0.717, 1.165) is 24.2 Å². The lowest BCUT2D eigenvalue weighted by atomic mass is 9.74. The monoisotopic (exact) mass is 336 g/mol. The molecule has 1 heterocycles. The number of rotatable bonds is 6. The number of benzene rings is 1. The third-order valence-corrected chi connectivity index (χ3v) is 4.34. The Bertz CT molecular complexity index is 553. The lowest BCUT2D eigenvalue weighted by molar-refractivity contribution is -0.139. The topological polar surface area (TPSA) is 96.9 Å². The molecule has 0 unspecified atom stereocenters. The number of hydrogen-bond acceptors (Lipinski definition) is 5. The second-order valence-corrected chi connectivity index (χ2v) is 5.78. The molecule has 1 aliphatic heterocycles. The summed E-state index contributed by atoms with van der Waals surface area (Å²) < 4.78 is 10.6. The van der Waals surface area contributed by atoms with Gasteiger partial charge in [-0.05, 0) is 30.5 Å². The SMILES string of the molecule is COc1ccc(C2(CNC(=O)C(=O)NCCO)CCOCC2)cc1. The van der Waals surface area contributed by atoms with Gasteiger partial charge in [-0.2, -0.15) is 0 Å². The van der Waals surface area contributed by atoms with Crippen molar-refractivity contribution in [3.05, 3.63) is 29.8 Å². The molecule has 0 radical (unpaired) electrons. The van der Waals surface area contributed by atoms with Gasteiger partial charge in [0.25, 0.3) is 0 Å². The Labute approximate surface area is 141 Å². The molecular weight excluding hydrogens is 312 g/mol. The maximum Gasteiger partial charge on any atom is 0.309 e. The maximum absolute atomic E-state index is 11.9. The van der Waals surface area contributed by atoms with Crippen LogP contribution < -0.4 is 15.4 Å². The van der Waals surface area contributed by atoms with Crippen molar-refractivity contribution in [1.29, 1.82) is 0 Å². The molecule has 1 aliphatic rings. The van der Waals surface area contributed by atoms with Gasteiger partial charge in [-0.1, -0.05) is 12.1 Å². The third kappa shape index (κ3) is 4.46. The van der Waals surface area contributed by atoms with Crippen LogP contribution in [0.15, 0.2) is 24.3 Å². The molecular formula is C17H24N2O5. The summed E-state index contributed by atoms with van der Waals surface area (Å²) in [6.07, 6.45) is 1.52. The van der Waals surface area contributed by atoms with E-state index in [-0.39, 0.29) is 18.6 Å². The highest BCUT2D eigenvalue weighted by Gasteiger charge is 2.35. The molecule has 2 rings (SSSR count). The molecule has 132 valence electrons. The van der Waals surface area contributed by atoms with Gasteiger partial charge in [-0.3, -0.25) is 9.59 Å². The summed E-state index contributed by atoms with van der Waals surface area (Å²) in [5.74, 6) is -0.655. The van der Waals surface area contributed by atoms with Crippen molar-refractivity contribution in [3.8, 4) is 5.75 Å². The van der Waals surface area contributed by atoms with E-state index in [1.54, 1.807) is 7.11 Å². The molecule has 2 amide bonds. The molecule has 1 aromatic carbocycles. The number of hydrogen-bond donors (Lipinski definition) is 3. The molecule has 0 aromatic heterocycles. The summed E-state index contributed by atoms with van der Waals surface area (Å²) in [7, 11) is 1.62. The first kappa shape index (κ1) is 18.2. The predicted octanol–water partition coefficient (Wildman–Crippen LogP) is -0.0319. The standard InChI is InChI=1S/C17H24N2O5/c1-23-14-4-2-13(3-5-14)17(6-10-24-11-7-17)12-19-16(22)15(21)18-8-9-20/h2-5,20H,6-12H2,1H3,(H,18,21)(H,19,22). The van der Waals surface area contributed by atoms with Crippen molar-refractivity contribution < 1.29 is 24.2 Å². The van der Waals surface area contributed by atoms with Crippen molar-refractivity contribution in [1.82, 2.24) is 10.6 Å². The number of carbonyl (C=O) groups is 2. The molecule has 0 atom stereocenters. The normalized spacial score (nSPS) is 16.2. The summed E-state index contributed by atoms with van der Waals surface area (Å²) in [6.45, 7) is 1.43. The van der Waals surface area contributed by atoms with Crippen LogP contribution in [0.1, 0.15) is 18.4 Å². The zero-order valence-electron chi connectivity index (χ0n) is 13.8. The average molecular weight is 336 g/mol.